The number of aromatic nitrogens is 3. The maximum Gasteiger partial charge on any atom is 0.174 e. The Morgan fingerprint density at radius 2 is 1.93 bits per heavy atom. The van der Waals surface area contributed by atoms with Gasteiger partial charge in [0.15, 0.2) is 6.33 Å². The van der Waals surface area contributed by atoms with Gasteiger partial charge in [-0.15, -0.1) is 0 Å². The number of para-hydroxylation sites is 1. The van der Waals surface area contributed by atoms with Crippen molar-refractivity contribution >= 4 is 11.0 Å². The largest absolute Gasteiger partial charge is 0.335 e. The van der Waals surface area contributed by atoms with E-state index in [1.54, 1.807) is 12.4 Å². The Balaban J connectivity index is 2.31. The second kappa shape index (κ2) is 3.20. The van der Waals surface area contributed by atoms with Crippen LogP contribution in [0.5, 0.6) is 0 Å². The van der Waals surface area contributed by atoms with Gasteiger partial charge in [0.2, 0.25) is 0 Å². The van der Waals surface area contributed by atoms with Crippen LogP contribution in [0.15, 0.2) is 42.7 Å². The van der Waals surface area contributed by atoms with Crippen LogP contribution in [0.25, 0.3) is 22.2 Å². The summed E-state index contributed by atoms with van der Waals surface area (Å²) in [5, 5.41) is 0. The highest BCUT2D eigenvalue weighted by Crippen LogP contribution is 2.25. The molecule has 0 atom stereocenters. The zero-order chi connectivity index (χ0) is 10.1. The van der Waals surface area contributed by atoms with Crippen molar-refractivity contribution < 1.29 is 0 Å². The number of benzene rings is 1. The molecule has 0 fully saturated rings. The summed E-state index contributed by atoms with van der Waals surface area (Å²) in [5.41, 5.74) is 4.18. The van der Waals surface area contributed by atoms with Gasteiger partial charge < -0.3 is 4.98 Å². The number of imidazole rings is 1. The molecule has 1 radical (unpaired) electrons. The highest BCUT2D eigenvalue weighted by molar-refractivity contribution is 5.91. The number of nitrogens with one attached hydrogen (secondary N) is 1. The summed E-state index contributed by atoms with van der Waals surface area (Å²) in [7, 11) is 0. The van der Waals surface area contributed by atoms with E-state index >= 15 is 0 Å². The Kier molecular flexibility index (Phi) is 1.75. The van der Waals surface area contributed by atoms with Crippen LogP contribution in [-0.4, -0.2) is 15.0 Å². The van der Waals surface area contributed by atoms with E-state index in [4.69, 9.17) is 0 Å². The average molecular weight is 194 g/mol. The summed E-state index contributed by atoms with van der Waals surface area (Å²) >= 11 is 0. The van der Waals surface area contributed by atoms with Crippen molar-refractivity contribution in [3.05, 3.63) is 49.1 Å². The Morgan fingerprint density at radius 1 is 1.07 bits per heavy atom. The van der Waals surface area contributed by atoms with E-state index in [0.29, 0.717) is 0 Å². The zero-order valence-electron chi connectivity index (χ0n) is 7.94. The van der Waals surface area contributed by atoms with Crippen LogP contribution in [0.1, 0.15) is 0 Å². The molecule has 0 saturated carbocycles. The van der Waals surface area contributed by atoms with Gasteiger partial charge in [-0.25, -0.2) is 4.98 Å². The summed E-state index contributed by atoms with van der Waals surface area (Å²) in [6.07, 6.45) is 6.32. The van der Waals surface area contributed by atoms with E-state index < -0.39 is 0 Å². The summed E-state index contributed by atoms with van der Waals surface area (Å²) in [6, 6.07) is 9.99. The molecule has 0 aliphatic carbocycles. The highest BCUT2D eigenvalue weighted by Gasteiger charge is 2.04. The number of pyridine rings is 1. The second-order valence-electron chi connectivity index (χ2n) is 3.29. The van der Waals surface area contributed by atoms with Gasteiger partial charge in [0.1, 0.15) is 0 Å². The van der Waals surface area contributed by atoms with E-state index in [-0.39, 0.29) is 0 Å². The zero-order valence-corrected chi connectivity index (χ0v) is 7.94. The lowest BCUT2D eigenvalue weighted by molar-refractivity contribution is 1.31. The fourth-order valence-electron chi connectivity index (χ4n) is 1.67. The fraction of sp³-hybridized carbons (Fsp3) is 0. The van der Waals surface area contributed by atoms with Crippen molar-refractivity contribution in [3.63, 3.8) is 0 Å². The molecule has 0 aliphatic heterocycles. The monoisotopic (exact) mass is 194 g/mol. The maximum atomic E-state index is 4.19. The Labute approximate surface area is 86.8 Å². The van der Waals surface area contributed by atoms with Crippen molar-refractivity contribution in [2.75, 3.05) is 0 Å². The van der Waals surface area contributed by atoms with Gasteiger partial charge in [0.25, 0.3) is 0 Å². The molecule has 0 saturated heterocycles. The quantitative estimate of drug-likeness (QED) is 0.646. The smallest absolute Gasteiger partial charge is 0.174 e. The first-order valence-electron chi connectivity index (χ1n) is 4.70. The predicted molar refractivity (Wildman–Crippen MR) is 58.2 cm³/mol. The predicted octanol–water partition coefficient (Wildman–Crippen LogP) is 2.43. The molecule has 71 valence electrons. The second-order valence-corrected chi connectivity index (χ2v) is 3.29. The molecule has 0 amide bonds. The first-order valence-corrected chi connectivity index (χ1v) is 4.70. The van der Waals surface area contributed by atoms with Crippen LogP contribution in [0.3, 0.4) is 0 Å². The molecule has 0 unspecified atom stereocenters. The minimum absolute atomic E-state index is 0.948. The van der Waals surface area contributed by atoms with E-state index in [0.717, 1.165) is 22.2 Å². The number of fused-ring (bicyclic) bond motifs is 1. The molecular formula is C12H8N3. The molecule has 2 heterocycles. The summed E-state index contributed by atoms with van der Waals surface area (Å²) < 4.78 is 0. The highest BCUT2D eigenvalue weighted by atomic mass is 14.9. The van der Waals surface area contributed by atoms with Crippen molar-refractivity contribution in [3.8, 4) is 11.1 Å². The Bertz CT molecular complexity index is 584. The summed E-state index contributed by atoms with van der Waals surface area (Å²) in [6.45, 7) is 0. The topological polar surface area (TPSA) is 41.6 Å². The van der Waals surface area contributed by atoms with Crippen molar-refractivity contribution in [1.29, 1.82) is 0 Å². The number of rotatable bonds is 1. The molecule has 15 heavy (non-hydrogen) atoms. The number of H-pyrrole nitrogens is 1. The van der Waals surface area contributed by atoms with Gasteiger partial charge in [-0.3, -0.25) is 4.98 Å². The van der Waals surface area contributed by atoms with E-state index in [1.807, 2.05) is 30.3 Å². The van der Waals surface area contributed by atoms with Crippen molar-refractivity contribution in [1.82, 2.24) is 15.0 Å². The fourth-order valence-corrected chi connectivity index (χ4v) is 1.67. The van der Waals surface area contributed by atoms with Crippen molar-refractivity contribution in [2.45, 2.75) is 0 Å². The van der Waals surface area contributed by atoms with Gasteiger partial charge in [0, 0.05) is 18.0 Å². The Hall–Kier alpha value is -2.16. The number of hydrogen-bond acceptors (Lipinski definition) is 2. The van der Waals surface area contributed by atoms with E-state index in [9.17, 15) is 0 Å². The van der Waals surface area contributed by atoms with Gasteiger partial charge in [-0.2, -0.15) is 0 Å². The lowest BCUT2D eigenvalue weighted by atomic mass is 10.1. The minimum atomic E-state index is 0.948. The molecule has 3 nitrogen and oxygen atoms in total. The minimum Gasteiger partial charge on any atom is -0.335 e. The number of nitrogens with zero attached hydrogens (tertiary/aromatic N) is 2. The van der Waals surface area contributed by atoms with Crippen LogP contribution in [0.4, 0.5) is 0 Å². The number of hydrogen-bond donors (Lipinski definition) is 1. The van der Waals surface area contributed by atoms with Gasteiger partial charge >= 0.3 is 0 Å². The number of aromatic amines is 1. The summed E-state index contributed by atoms with van der Waals surface area (Å²) in [5.74, 6) is 0. The Morgan fingerprint density at radius 3 is 2.80 bits per heavy atom. The SMILES string of the molecule is [c]1nc2c(-c3ccncc3)cccc2[nH]1. The lowest BCUT2D eigenvalue weighted by Gasteiger charge is -2.01. The van der Waals surface area contributed by atoms with Gasteiger partial charge in [0.05, 0.1) is 11.0 Å². The molecule has 0 bridgehead atoms. The van der Waals surface area contributed by atoms with Crippen LogP contribution in [0, 0.1) is 6.33 Å². The molecule has 3 rings (SSSR count). The molecule has 0 aliphatic rings. The lowest BCUT2D eigenvalue weighted by Crippen LogP contribution is -1.80. The average Bonchev–Trinajstić information content (AvgIpc) is 2.78. The molecule has 1 aromatic carbocycles. The first-order chi connectivity index (χ1) is 7.45. The van der Waals surface area contributed by atoms with Gasteiger partial charge in [-0.05, 0) is 23.8 Å². The molecule has 0 spiro atoms. The molecule has 3 aromatic rings. The van der Waals surface area contributed by atoms with Crippen LogP contribution in [-0.2, 0) is 0 Å². The molecule has 2 aromatic heterocycles. The van der Waals surface area contributed by atoms with Crippen LogP contribution >= 0.6 is 0 Å². The summed E-state index contributed by atoms with van der Waals surface area (Å²) in [4.78, 5) is 11.2. The van der Waals surface area contributed by atoms with Crippen LogP contribution in [0.2, 0.25) is 0 Å². The standard InChI is InChI=1S/C12H8N3/c1-2-10(9-4-6-13-7-5-9)12-11(3-1)14-8-15-12/h1-7H,(H,14,15). The third kappa shape index (κ3) is 1.29. The third-order valence-electron chi connectivity index (χ3n) is 2.39. The molecule has 1 N–H and O–H groups in total. The van der Waals surface area contributed by atoms with Crippen LogP contribution < -0.4 is 0 Å². The maximum absolute atomic E-state index is 4.19. The van der Waals surface area contributed by atoms with E-state index in [1.165, 1.54) is 0 Å². The van der Waals surface area contributed by atoms with E-state index in [2.05, 4.69) is 21.3 Å². The molecular weight excluding hydrogens is 186 g/mol. The van der Waals surface area contributed by atoms with Crippen molar-refractivity contribution in [2.24, 2.45) is 0 Å². The van der Waals surface area contributed by atoms with Gasteiger partial charge in [-0.1, -0.05) is 12.1 Å². The molecule has 3 heteroatoms. The third-order valence-corrected chi connectivity index (χ3v) is 2.39. The normalized spacial score (nSPS) is 10.7. The first kappa shape index (κ1) is 8.17.